The fraction of sp³-hybridized carbons (Fsp3) is 0.762. The number of aliphatic hydroxyl groups excluding tert-OH is 1. The minimum Gasteiger partial charge on any atom is -0.455 e. The highest BCUT2D eigenvalue weighted by molar-refractivity contribution is 7.11. The molecule has 29 heavy (non-hydrogen) atoms. The average molecular weight is 429 g/mol. The van der Waals surface area contributed by atoms with E-state index in [0.717, 1.165) is 4.88 Å². The standard InChI is InChI=1S/C21H36N2O5S/c1-12(2)16(23(9)20(26)28-21(6,7)8)10-17(27-14(5)25)19-22-15(11-24)18(29-19)13(3)4/h12-13,16-17,24H,10-11H2,1-9H3/t16-,17-/m1/s1. The van der Waals surface area contributed by atoms with E-state index in [0.29, 0.717) is 17.1 Å². The number of aromatic nitrogens is 1. The number of hydrogen-bond donors (Lipinski definition) is 1. The highest BCUT2D eigenvalue weighted by Crippen LogP contribution is 2.35. The van der Waals surface area contributed by atoms with E-state index in [1.54, 1.807) is 11.9 Å². The van der Waals surface area contributed by atoms with Gasteiger partial charge in [0.25, 0.3) is 0 Å². The van der Waals surface area contributed by atoms with Crippen molar-refractivity contribution >= 4 is 23.4 Å². The van der Waals surface area contributed by atoms with E-state index in [1.165, 1.54) is 18.3 Å². The molecule has 0 aliphatic heterocycles. The van der Waals surface area contributed by atoms with Crippen molar-refractivity contribution in [1.29, 1.82) is 0 Å². The first kappa shape index (κ1) is 25.4. The maximum atomic E-state index is 12.6. The molecule has 166 valence electrons. The molecule has 8 heteroatoms. The maximum absolute atomic E-state index is 12.6. The van der Waals surface area contributed by atoms with Crippen LogP contribution >= 0.6 is 11.3 Å². The molecule has 0 aliphatic carbocycles. The number of carbonyl (C=O) groups excluding carboxylic acids is 2. The molecule has 1 aromatic heterocycles. The molecule has 1 amide bonds. The molecule has 0 saturated carbocycles. The lowest BCUT2D eigenvalue weighted by Gasteiger charge is -2.34. The molecule has 0 spiro atoms. The number of amides is 1. The Morgan fingerprint density at radius 3 is 2.17 bits per heavy atom. The molecule has 1 aromatic rings. The van der Waals surface area contributed by atoms with Gasteiger partial charge < -0.3 is 19.5 Å². The van der Waals surface area contributed by atoms with Gasteiger partial charge in [-0.25, -0.2) is 9.78 Å². The second-order valence-corrected chi connectivity index (χ2v) is 9.97. The Morgan fingerprint density at radius 2 is 1.79 bits per heavy atom. The molecular weight excluding hydrogens is 392 g/mol. The van der Waals surface area contributed by atoms with Crippen LogP contribution in [0.5, 0.6) is 0 Å². The van der Waals surface area contributed by atoms with Crippen molar-refractivity contribution in [2.75, 3.05) is 7.05 Å². The highest BCUT2D eigenvalue weighted by Gasteiger charge is 2.33. The molecule has 7 nitrogen and oxygen atoms in total. The molecule has 0 saturated heterocycles. The summed E-state index contributed by atoms with van der Waals surface area (Å²) in [5, 5.41) is 10.3. The Labute approximate surface area is 178 Å². The van der Waals surface area contributed by atoms with Crippen molar-refractivity contribution in [3.05, 3.63) is 15.6 Å². The van der Waals surface area contributed by atoms with Gasteiger partial charge in [-0.15, -0.1) is 11.3 Å². The Balaban J connectivity index is 3.19. The summed E-state index contributed by atoms with van der Waals surface area (Å²) in [5.41, 5.74) is 0.0124. The zero-order chi connectivity index (χ0) is 22.5. The molecule has 1 rings (SSSR count). The topological polar surface area (TPSA) is 89.0 Å². The van der Waals surface area contributed by atoms with Crippen LogP contribution in [0.4, 0.5) is 4.79 Å². The summed E-state index contributed by atoms with van der Waals surface area (Å²) in [6.45, 7) is 14.8. The SMILES string of the molecule is CC(=O)O[C@H](C[C@H](C(C)C)N(C)C(=O)OC(C)(C)C)c1nc(CO)c(C(C)C)s1. The van der Waals surface area contributed by atoms with Gasteiger partial charge in [-0.05, 0) is 32.6 Å². The van der Waals surface area contributed by atoms with Crippen LogP contribution in [0.1, 0.15) is 89.4 Å². The zero-order valence-electron chi connectivity index (χ0n) is 19.1. The lowest BCUT2D eigenvalue weighted by molar-refractivity contribution is -0.147. The summed E-state index contributed by atoms with van der Waals surface area (Å²) in [5.74, 6) is -0.108. The minimum absolute atomic E-state index is 0.104. The van der Waals surface area contributed by atoms with Gasteiger partial charge in [0.15, 0.2) is 6.10 Å². The van der Waals surface area contributed by atoms with Crippen molar-refractivity contribution < 1.29 is 24.2 Å². The van der Waals surface area contributed by atoms with Crippen LogP contribution in [0.15, 0.2) is 0 Å². The number of hydrogen-bond acceptors (Lipinski definition) is 7. The van der Waals surface area contributed by atoms with E-state index in [-0.39, 0.29) is 24.5 Å². The quantitative estimate of drug-likeness (QED) is 0.607. The van der Waals surface area contributed by atoms with Crippen LogP contribution in [0.25, 0.3) is 0 Å². The summed E-state index contributed by atoms with van der Waals surface area (Å²) in [4.78, 5) is 31.4. The molecule has 0 aromatic carbocycles. The van der Waals surface area contributed by atoms with E-state index < -0.39 is 23.8 Å². The molecule has 2 atom stereocenters. The number of aliphatic hydroxyl groups is 1. The molecule has 1 heterocycles. The highest BCUT2D eigenvalue weighted by atomic mass is 32.1. The lowest BCUT2D eigenvalue weighted by Crippen LogP contribution is -2.44. The monoisotopic (exact) mass is 428 g/mol. The zero-order valence-corrected chi connectivity index (χ0v) is 19.9. The van der Waals surface area contributed by atoms with Crippen LogP contribution in [-0.2, 0) is 20.9 Å². The van der Waals surface area contributed by atoms with E-state index in [1.807, 2.05) is 48.5 Å². The van der Waals surface area contributed by atoms with Gasteiger partial charge >= 0.3 is 12.1 Å². The van der Waals surface area contributed by atoms with Crippen LogP contribution in [0.2, 0.25) is 0 Å². The van der Waals surface area contributed by atoms with Gasteiger partial charge in [-0.1, -0.05) is 27.7 Å². The van der Waals surface area contributed by atoms with Crippen LogP contribution in [-0.4, -0.2) is 45.7 Å². The fourth-order valence-corrected chi connectivity index (χ4v) is 4.17. The first-order valence-electron chi connectivity index (χ1n) is 10.00. The van der Waals surface area contributed by atoms with Crippen molar-refractivity contribution in [3.8, 4) is 0 Å². The first-order chi connectivity index (χ1) is 13.3. The molecule has 0 radical (unpaired) electrons. The molecule has 0 fully saturated rings. The third-order valence-corrected chi connectivity index (χ3v) is 5.90. The third-order valence-electron chi connectivity index (χ3n) is 4.41. The number of rotatable bonds is 8. The summed E-state index contributed by atoms with van der Waals surface area (Å²) >= 11 is 1.44. The first-order valence-corrected chi connectivity index (χ1v) is 10.8. The van der Waals surface area contributed by atoms with Crippen molar-refractivity contribution in [1.82, 2.24) is 9.88 Å². The van der Waals surface area contributed by atoms with Crippen molar-refractivity contribution in [2.24, 2.45) is 5.92 Å². The number of carbonyl (C=O) groups is 2. The Hall–Kier alpha value is -1.67. The Morgan fingerprint density at radius 1 is 1.21 bits per heavy atom. The largest absolute Gasteiger partial charge is 0.455 e. The van der Waals surface area contributed by atoms with E-state index in [4.69, 9.17) is 9.47 Å². The summed E-state index contributed by atoms with van der Waals surface area (Å²) in [6, 6.07) is -0.224. The van der Waals surface area contributed by atoms with E-state index >= 15 is 0 Å². The molecule has 0 bridgehead atoms. The number of thiazole rings is 1. The second-order valence-electron chi connectivity index (χ2n) is 8.91. The van der Waals surface area contributed by atoms with Crippen molar-refractivity contribution in [3.63, 3.8) is 0 Å². The average Bonchev–Trinajstić information content (AvgIpc) is 3.00. The van der Waals surface area contributed by atoms with Crippen LogP contribution < -0.4 is 0 Å². The van der Waals surface area contributed by atoms with Gasteiger partial charge in [0, 0.05) is 31.3 Å². The maximum Gasteiger partial charge on any atom is 0.410 e. The van der Waals surface area contributed by atoms with Crippen LogP contribution in [0, 0.1) is 5.92 Å². The van der Waals surface area contributed by atoms with Gasteiger partial charge in [0.1, 0.15) is 10.6 Å². The molecule has 1 N–H and O–H groups in total. The Bertz CT molecular complexity index is 694. The van der Waals surface area contributed by atoms with Gasteiger partial charge in [0.2, 0.25) is 0 Å². The second kappa shape index (κ2) is 10.4. The van der Waals surface area contributed by atoms with Gasteiger partial charge in [-0.3, -0.25) is 4.79 Å². The smallest absolute Gasteiger partial charge is 0.410 e. The lowest BCUT2D eigenvalue weighted by atomic mass is 9.96. The van der Waals surface area contributed by atoms with Crippen molar-refractivity contribution in [2.45, 2.75) is 92.1 Å². The number of ether oxygens (including phenoxy) is 2. The predicted molar refractivity (Wildman–Crippen MR) is 114 cm³/mol. The summed E-state index contributed by atoms with van der Waals surface area (Å²) < 4.78 is 11.1. The third kappa shape index (κ3) is 7.59. The molecule has 0 aliphatic rings. The predicted octanol–water partition coefficient (Wildman–Crippen LogP) is 4.64. The van der Waals surface area contributed by atoms with Gasteiger partial charge in [-0.2, -0.15) is 0 Å². The number of nitrogens with zero attached hydrogens (tertiary/aromatic N) is 2. The molecule has 0 unspecified atom stereocenters. The fourth-order valence-electron chi connectivity index (χ4n) is 3.05. The summed E-state index contributed by atoms with van der Waals surface area (Å²) in [7, 11) is 1.70. The van der Waals surface area contributed by atoms with E-state index in [9.17, 15) is 14.7 Å². The van der Waals surface area contributed by atoms with Gasteiger partial charge in [0.05, 0.1) is 12.3 Å². The number of esters is 1. The van der Waals surface area contributed by atoms with E-state index in [2.05, 4.69) is 4.98 Å². The summed E-state index contributed by atoms with van der Waals surface area (Å²) in [6.07, 6.45) is -0.633. The Kier molecular flexibility index (Phi) is 9.09. The molecular formula is C21H36N2O5S. The van der Waals surface area contributed by atoms with Crippen LogP contribution in [0.3, 0.4) is 0 Å². The normalized spacial score (nSPS) is 14.1. The minimum atomic E-state index is -0.604.